The second-order valence-corrected chi connectivity index (χ2v) is 7.75. The Balaban J connectivity index is 1.49. The van der Waals surface area contributed by atoms with E-state index in [0.29, 0.717) is 13.0 Å². The number of benzene rings is 2. The van der Waals surface area contributed by atoms with Crippen molar-refractivity contribution in [1.82, 2.24) is 15.5 Å². The van der Waals surface area contributed by atoms with Crippen LogP contribution in [0.3, 0.4) is 0 Å². The molecule has 1 aliphatic heterocycles. The first kappa shape index (κ1) is 21.8. The number of nitrogens with one attached hydrogen (secondary N) is 2. The van der Waals surface area contributed by atoms with Gasteiger partial charge in [0.25, 0.3) is 0 Å². The second kappa shape index (κ2) is 10.8. The van der Waals surface area contributed by atoms with Gasteiger partial charge in [-0.15, -0.1) is 0 Å². The first-order valence-electron chi connectivity index (χ1n) is 10.7. The van der Waals surface area contributed by atoms with E-state index in [4.69, 9.17) is 0 Å². The lowest BCUT2D eigenvalue weighted by Gasteiger charge is -2.17. The smallest absolute Gasteiger partial charge is 0.227 e. The molecule has 30 heavy (non-hydrogen) atoms. The average molecular weight is 408 g/mol. The number of amides is 1. The minimum absolute atomic E-state index is 0.218. The topological polar surface area (TPSA) is 60.0 Å². The van der Waals surface area contributed by atoms with Gasteiger partial charge in [-0.25, -0.2) is 0 Å². The van der Waals surface area contributed by atoms with Gasteiger partial charge in [0.05, 0.1) is 0 Å². The first-order chi connectivity index (χ1) is 14.6. The van der Waals surface area contributed by atoms with Crippen LogP contribution < -0.4 is 15.5 Å². The van der Waals surface area contributed by atoms with E-state index >= 15 is 0 Å². The summed E-state index contributed by atoms with van der Waals surface area (Å²) in [4.78, 5) is 20.4. The van der Waals surface area contributed by atoms with Crippen molar-refractivity contribution in [2.45, 2.75) is 39.4 Å². The van der Waals surface area contributed by atoms with Crippen LogP contribution in [0, 0.1) is 0 Å². The van der Waals surface area contributed by atoms with Gasteiger partial charge in [0, 0.05) is 45.3 Å². The molecule has 6 heteroatoms. The number of carbonyl (C=O) groups excluding carboxylic acids is 1. The van der Waals surface area contributed by atoms with E-state index in [2.05, 4.69) is 70.9 Å². The molecule has 0 atom stereocenters. The van der Waals surface area contributed by atoms with Gasteiger partial charge in [-0.2, -0.15) is 0 Å². The number of anilines is 1. The lowest BCUT2D eigenvalue weighted by atomic mass is 10.1. The van der Waals surface area contributed by atoms with Crippen molar-refractivity contribution in [3.05, 3.63) is 65.2 Å². The Kier molecular flexibility index (Phi) is 7.85. The molecule has 0 spiro atoms. The number of rotatable bonds is 8. The fourth-order valence-electron chi connectivity index (χ4n) is 3.57. The highest BCUT2D eigenvalue weighted by Crippen LogP contribution is 2.21. The number of guanidine groups is 1. The Bertz CT molecular complexity index is 862. The number of nitrogens with zero attached hydrogens (tertiary/aromatic N) is 3. The number of hydrogen-bond donors (Lipinski definition) is 2. The summed E-state index contributed by atoms with van der Waals surface area (Å²) >= 11 is 0. The Labute approximate surface area is 180 Å². The van der Waals surface area contributed by atoms with Gasteiger partial charge < -0.3 is 20.4 Å². The van der Waals surface area contributed by atoms with E-state index < -0.39 is 0 Å². The molecule has 2 N–H and O–H groups in total. The third-order valence-corrected chi connectivity index (χ3v) is 5.45. The van der Waals surface area contributed by atoms with Gasteiger partial charge in [0.2, 0.25) is 5.91 Å². The number of carbonyl (C=O) groups is 1. The summed E-state index contributed by atoms with van der Waals surface area (Å²) in [5.41, 5.74) is 4.69. The summed E-state index contributed by atoms with van der Waals surface area (Å²) in [5.74, 6) is 0.987. The predicted molar refractivity (Wildman–Crippen MR) is 124 cm³/mol. The van der Waals surface area contributed by atoms with Crippen LogP contribution in [0.5, 0.6) is 0 Å². The molecule has 1 aliphatic rings. The number of hydrogen-bond acceptors (Lipinski definition) is 3. The van der Waals surface area contributed by atoms with E-state index in [1.807, 2.05) is 17.0 Å². The molecule has 0 bridgehead atoms. The largest absolute Gasteiger partial charge is 0.352 e. The standard InChI is InChI=1S/C24H33N5O/c1-4-28(3)18-21-8-5-7-20(15-21)17-27-24(25-2)26-16-19-10-12-22(13-11-19)29-14-6-9-23(29)30/h5,7-8,10-13,15H,4,6,9,14,16-18H2,1-3H3,(H2,25,26,27). The molecule has 0 saturated carbocycles. The molecular formula is C24H33N5O. The lowest BCUT2D eigenvalue weighted by molar-refractivity contribution is -0.117. The normalized spacial score (nSPS) is 14.5. The molecule has 0 unspecified atom stereocenters. The zero-order chi connectivity index (χ0) is 21.3. The molecule has 0 aliphatic carbocycles. The highest BCUT2D eigenvalue weighted by molar-refractivity contribution is 5.95. The van der Waals surface area contributed by atoms with Crippen LogP contribution in [0.15, 0.2) is 53.5 Å². The lowest BCUT2D eigenvalue weighted by Crippen LogP contribution is -2.36. The highest BCUT2D eigenvalue weighted by Gasteiger charge is 2.21. The maximum absolute atomic E-state index is 11.9. The molecule has 1 fully saturated rings. The fraction of sp³-hybridized carbons (Fsp3) is 0.417. The molecule has 0 aromatic heterocycles. The van der Waals surface area contributed by atoms with Gasteiger partial charge in [0.15, 0.2) is 5.96 Å². The van der Waals surface area contributed by atoms with Crippen LogP contribution in [-0.4, -0.2) is 44.0 Å². The van der Waals surface area contributed by atoms with E-state index in [9.17, 15) is 4.79 Å². The summed E-state index contributed by atoms with van der Waals surface area (Å²) < 4.78 is 0. The van der Waals surface area contributed by atoms with Crippen molar-refractivity contribution in [3.63, 3.8) is 0 Å². The van der Waals surface area contributed by atoms with E-state index in [1.165, 1.54) is 11.1 Å². The van der Waals surface area contributed by atoms with Gasteiger partial charge in [-0.3, -0.25) is 9.79 Å². The summed E-state index contributed by atoms with van der Waals surface area (Å²) in [5, 5.41) is 6.74. The molecule has 2 aromatic rings. The highest BCUT2D eigenvalue weighted by atomic mass is 16.2. The molecule has 160 valence electrons. The molecule has 3 rings (SSSR count). The molecule has 0 radical (unpaired) electrons. The zero-order valence-electron chi connectivity index (χ0n) is 18.3. The maximum Gasteiger partial charge on any atom is 0.227 e. The number of aliphatic imine (C=N–C) groups is 1. The van der Waals surface area contributed by atoms with E-state index in [0.717, 1.165) is 49.8 Å². The summed E-state index contributed by atoms with van der Waals surface area (Å²) in [6.07, 6.45) is 1.60. The van der Waals surface area contributed by atoms with Crippen molar-refractivity contribution in [2.75, 3.05) is 32.1 Å². The Hall–Kier alpha value is -2.86. The molecule has 1 saturated heterocycles. The molecule has 1 heterocycles. The molecule has 6 nitrogen and oxygen atoms in total. The Morgan fingerprint density at radius 2 is 1.77 bits per heavy atom. The Morgan fingerprint density at radius 1 is 1.07 bits per heavy atom. The minimum Gasteiger partial charge on any atom is -0.352 e. The summed E-state index contributed by atoms with van der Waals surface area (Å²) in [7, 11) is 3.91. The van der Waals surface area contributed by atoms with Crippen molar-refractivity contribution in [1.29, 1.82) is 0 Å². The molecule has 2 aromatic carbocycles. The van der Waals surface area contributed by atoms with Crippen molar-refractivity contribution in [3.8, 4) is 0 Å². The average Bonchev–Trinajstić information content (AvgIpc) is 3.20. The van der Waals surface area contributed by atoms with Crippen molar-refractivity contribution < 1.29 is 4.79 Å². The molecular weight excluding hydrogens is 374 g/mol. The van der Waals surface area contributed by atoms with Crippen LogP contribution in [0.1, 0.15) is 36.5 Å². The third-order valence-electron chi connectivity index (χ3n) is 5.45. The molecule has 1 amide bonds. The third kappa shape index (κ3) is 6.07. The minimum atomic E-state index is 0.218. The van der Waals surface area contributed by atoms with Crippen LogP contribution in [-0.2, 0) is 24.4 Å². The van der Waals surface area contributed by atoms with Crippen LogP contribution in [0.2, 0.25) is 0 Å². The van der Waals surface area contributed by atoms with Crippen LogP contribution >= 0.6 is 0 Å². The second-order valence-electron chi connectivity index (χ2n) is 7.75. The monoisotopic (exact) mass is 407 g/mol. The van der Waals surface area contributed by atoms with Crippen LogP contribution in [0.25, 0.3) is 0 Å². The quantitative estimate of drug-likeness (QED) is 0.521. The van der Waals surface area contributed by atoms with Gasteiger partial charge in [-0.1, -0.05) is 43.3 Å². The maximum atomic E-state index is 11.9. The van der Waals surface area contributed by atoms with Gasteiger partial charge in [-0.05, 0) is 48.8 Å². The fourth-order valence-corrected chi connectivity index (χ4v) is 3.57. The van der Waals surface area contributed by atoms with Crippen molar-refractivity contribution in [2.24, 2.45) is 4.99 Å². The summed E-state index contributed by atoms with van der Waals surface area (Å²) in [6.45, 7) is 6.38. The van der Waals surface area contributed by atoms with Gasteiger partial charge in [0.1, 0.15) is 0 Å². The predicted octanol–water partition coefficient (Wildman–Crippen LogP) is 3.13. The summed E-state index contributed by atoms with van der Waals surface area (Å²) in [6, 6.07) is 16.8. The Morgan fingerprint density at radius 3 is 2.40 bits per heavy atom. The van der Waals surface area contributed by atoms with Gasteiger partial charge >= 0.3 is 0 Å². The zero-order valence-corrected chi connectivity index (χ0v) is 18.3. The van der Waals surface area contributed by atoms with E-state index in [1.54, 1.807) is 7.05 Å². The van der Waals surface area contributed by atoms with Crippen molar-refractivity contribution >= 4 is 17.6 Å². The SMILES string of the molecule is CCN(C)Cc1cccc(CNC(=NC)NCc2ccc(N3CCCC3=O)cc2)c1. The van der Waals surface area contributed by atoms with Crippen LogP contribution in [0.4, 0.5) is 5.69 Å². The first-order valence-corrected chi connectivity index (χ1v) is 10.7. The van der Waals surface area contributed by atoms with E-state index in [-0.39, 0.29) is 5.91 Å².